The van der Waals surface area contributed by atoms with E-state index in [2.05, 4.69) is 46.5 Å². The van der Waals surface area contributed by atoms with E-state index in [-0.39, 0.29) is 0 Å². The fraction of sp³-hybridized carbons (Fsp3) is 0.400. The van der Waals surface area contributed by atoms with E-state index < -0.39 is 0 Å². The van der Waals surface area contributed by atoms with Gasteiger partial charge in [-0.1, -0.05) is 12.8 Å². The number of hydrogen-bond acceptors (Lipinski definition) is 2. The molecule has 1 aromatic carbocycles. The van der Waals surface area contributed by atoms with Gasteiger partial charge in [-0.3, -0.25) is 0 Å². The highest BCUT2D eigenvalue weighted by atomic mass is 32.2. The highest BCUT2D eigenvalue weighted by Crippen LogP contribution is 2.24. The molecule has 2 aromatic rings. The van der Waals surface area contributed by atoms with E-state index in [0.717, 1.165) is 23.6 Å². The van der Waals surface area contributed by atoms with Crippen molar-refractivity contribution in [3.8, 4) is 11.8 Å². The van der Waals surface area contributed by atoms with Crippen molar-refractivity contribution in [3.63, 3.8) is 0 Å². The Morgan fingerprint density at radius 3 is 2.94 bits per heavy atom. The molecule has 1 aromatic heterocycles. The molecule has 0 spiro atoms. The van der Waals surface area contributed by atoms with Crippen LogP contribution >= 0.6 is 11.8 Å². The second kappa shape index (κ2) is 5.97. The maximum Gasteiger partial charge on any atom is 0.107 e. The van der Waals surface area contributed by atoms with Crippen LogP contribution in [0.25, 0.3) is 11.0 Å². The number of imidazole rings is 1. The van der Waals surface area contributed by atoms with Crippen molar-refractivity contribution in [1.82, 2.24) is 9.55 Å². The molecule has 0 fully saturated rings. The Kier molecular flexibility index (Phi) is 4.33. The molecule has 1 heterocycles. The minimum absolute atomic E-state index is 0.723. The summed E-state index contributed by atoms with van der Waals surface area (Å²) in [4.78, 5) is 5.89. The fourth-order valence-electron chi connectivity index (χ4n) is 1.89. The van der Waals surface area contributed by atoms with Gasteiger partial charge in [-0.15, -0.1) is 17.7 Å². The number of rotatable bonds is 4. The molecular formula is C15H18N2S. The zero-order valence-electron chi connectivity index (χ0n) is 11.2. The molecule has 0 unspecified atom stereocenters. The van der Waals surface area contributed by atoms with Crippen LogP contribution in [0.2, 0.25) is 0 Å². The van der Waals surface area contributed by atoms with E-state index in [1.807, 2.05) is 25.6 Å². The van der Waals surface area contributed by atoms with Crippen LogP contribution < -0.4 is 0 Å². The summed E-state index contributed by atoms with van der Waals surface area (Å²) in [7, 11) is 0. The second-order valence-corrected chi connectivity index (χ2v) is 5.34. The van der Waals surface area contributed by atoms with Crippen molar-refractivity contribution in [2.45, 2.75) is 38.6 Å². The first-order valence-corrected chi connectivity index (χ1v) is 7.24. The minimum Gasteiger partial charge on any atom is -0.316 e. The number of nitrogens with zero attached hydrogens (tertiary/aromatic N) is 2. The van der Waals surface area contributed by atoms with Crippen LogP contribution in [0.4, 0.5) is 0 Å². The van der Waals surface area contributed by atoms with Gasteiger partial charge in [0.1, 0.15) is 5.82 Å². The summed E-state index contributed by atoms with van der Waals surface area (Å²) in [5.41, 5.74) is 2.25. The molecule has 0 bridgehead atoms. The third-order valence-corrected chi connectivity index (χ3v) is 4.00. The largest absolute Gasteiger partial charge is 0.316 e. The van der Waals surface area contributed by atoms with Crippen molar-refractivity contribution < 1.29 is 0 Å². The Balaban J connectivity index is 2.41. The van der Waals surface area contributed by atoms with Gasteiger partial charge in [-0.05, 0) is 44.2 Å². The molecule has 0 saturated heterocycles. The van der Waals surface area contributed by atoms with E-state index in [1.54, 1.807) is 0 Å². The lowest BCUT2D eigenvalue weighted by Gasteiger charge is -2.03. The molecule has 0 aliphatic heterocycles. The predicted molar refractivity (Wildman–Crippen MR) is 78.9 cm³/mol. The summed E-state index contributed by atoms with van der Waals surface area (Å²) in [6.07, 6.45) is 1.20. The van der Waals surface area contributed by atoms with E-state index in [1.165, 1.54) is 16.8 Å². The van der Waals surface area contributed by atoms with Gasteiger partial charge < -0.3 is 4.57 Å². The van der Waals surface area contributed by atoms with E-state index in [4.69, 9.17) is 0 Å². The SMILES string of the molecule is CC#CCn1c(C)nc2ccc(SCCC)cc21. The molecule has 94 valence electrons. The molecule has 2 rings (SSSR count). The third kappa shape index (κ3) is 2.70. The molecule has 0 atom stereocenters. The zero-order valence-corrected chi connectivity index (χ0v) is 12.0. The topological polar surface area (TPSA) is 17.8 Å². The monoisotopic (exact) mass is 258 g/mol. The molecule has 0 aliphatic carbocycles. The van der Waals surface area contributed by atoms with Gasteiger partial charge in [0.15, 0.2) is 0 Å². The molecule has 0 saturated carbocycles. The quantitative estimate of drug-likeness (QED) is 0.612. The number of aromatic nitrogens is 2. The molecule has 0 amide bonds. The van der Waals surface area contributed by atoms with Crippen LogP contribution in [0.15, 0.2) is 23.1 Å². The summed E-state index contributed by atoms with van der Waals surface area (Å²) in [6, 6.07) is 6.49. The standard InChI is InChI=1S/C15H18N2S/c1-4-6-9-17-12(3)16-14-8-7-13(11-15(14)17)18-10-5-2/h7-8,11H,5,9-10H2,1-3H3. The molecular weight excluding hydrogens is 240 g/mol. The predicted octanol–water partition coefficient (Wildman–Crippen LogP) is 3.87. The van der Waals surface area contributed by atoms with Crippen LogP contribution in [-0.2, 0) is 6.54 Å². The second-order valence-electron chi connectivity index (χ2n) is 4.17. The molecule has 0 N–H and O–H groups in total. The van der Waals surface area contributed by atoms with Crippen LogP contribution in [-0.4, -0.2) is 15.3 Å². The highest BCUT2D eigenvalue weighted by molar-refractivity contribution is 7.99. The van der Waals surface area contributed by atoms with Gasteiger partial charge in [0.25, 0.3) is 0 Å². The molecule has 3 heteroatoms. The molecule has 2 nitrogen and oxygen atoms in total. The average Bonchev–Trinajstić information content (AvgIpc) is 2.69. The van der Waals surface area contributed by atoms with Crippen molar-refractivity contribution in [3.05, 3.63) is 24.0 Å². The first-order valence-electron chi connectivity index (χ1n) is 6.25. The lowest BCUT2D eigenvalue weighted by molar-refractivity contribution is 0.822. The maximum atomic E-state index is 4.57. The van der Waals surface area contributed by atoms with Crippen molar-refractivity contribution in [2.75, 3.05) is 5.75 Å². The average molecular weight is 258 g/mol. The number of thioether (sulfide) groups is 1. The number of fused-ring (bicyclic) bond motifs is 1. The van der Waals surface area contributed by atoms with Gasteiger partial charge in [-0.2, -0.15) is 0 Å². The summed E-state index contributed by atoms with van der Waals surface area (Å²) >= 11 is 1.90. The van der Waals surface area contributed by atoms with Crippen LogP contribution in [0.3, 0.4) is 0 Å². The fourth-order valence-corrected chi connectivity index (χ4v) is 2.69. The lowest BCUT2D eigenvalue weighted by atomic mass is 10.3. The Hall–Kier alpha value is -1.40. The van der Waals surface area contributed by atoms with Gasteiger partial charge >= 0.3 is 0 Å². The Morgan fingerprint density at radius 1 is 1.39 bits per heavy atom. The summed E-state index contributed by atoms with van der Waals surface area (Å²) in [5, 5.41) is 0. The van der Waals surface area contributed by atoms with Crippen LogP contribution in [0.1, 0.15) is 26.1 Å². The lowest BCUT2D eigenvalue weighted by Crippen LogP contribution is -1.98. The van der Waals surface area contributed by atoms with Crippen LogP contribution in [0, 0.1) is 18.8 Å². The summed E-state index contributed by atoms with van der Waals surface area (Å²) in [6.45, 7) is 6.84. The van der Waals surface area contributed by atoms with Gasteiger partial charge in [0, 0.05) is 4.90 Å². The Bertz CT molecular complexity index is 602. The summed E-state index contributed by atoms with van der Waals surface area (Å²) in [5.74, 6) is 8.25. The number of aryl methyl sites for hydroxylation is 1. The van der Waals surface area contributed by atoms with E-state index in [9.17, 15) is 0 Å². The zero-order chi connectivity index (χ0) is 13.0. The molecule has 0 radical (unpaired) electrons. The minimum atomic E-state index is 0.723. The van der Waals surface area contributed by atoms with Gasteiger partial charge in [-0.25, -0.2) is 4.98 Å². The van der Waals surface area contributed by atoms with Crippen molar-refractivity contribution in [2.24, 2.45) is 0 Å². The van der Waals surface area contributed by atoms with E-state index in [0.29, 0.717) is 0 Å². The third-order valence-electron chi connectivity index (χ3n) is 2.80. The number of hydrogen-bond donors (Lipinski definition) is 0. The molecule has 18 heavy (non-hydrogen) atoms. The van der Waals surface area contributed by atoms with E-state index >= 15 is 0 Å². The van der Waals surface area contributed by atoms with Crippen molar-refractivity contribution in [1.29, 1.82) is 0 Å². The smallest absolute Gasteiger partial charge is 0.107 e. The number of benzene rings is 1. The maximum absolute atomic E-state index is 4.57. The highest BCUT2D eigenvalue weighted by Gasteiger charge is 2.07. The normalized spacial score (nSPS) is 10.4. The Morgan fingerprint density at radius 2 is 2.22 bits per heavy atom. The first kappa shape index (κ1) is 13.0. The van der Waals surface area contributed by atoms with Gasteiger partial charge in [0.2, 0.25) is 0 Å². The van der Waals surface area contributed by atoms with Crippen LogP contribution in [0.5, 0.6) is 0 Å². The Labute approximate surface area is 113 Å². The van der Waals surface area contributed by atoms with Crippen molar-refractivity contribution >= 4 is 22.8 Å². The van der Waals surface area contributed by atoms with Gasteiger partial charge in [0.05, 0.1) is 17.6 Å². The summed E-state index contributed by atoms with van der Waals surface area (Å²) < 4.78 is 2.18. The molecule has 0 aliphatic rings. The first-order chi connectivity index (χ1) is 8.76.